The first-order valence-electron chi connectivity index (χ1n) is 5.42. The van der Waals surface area contributed by atoms with E-state index in [0.29, 0.717) is 5.56 Å². The summed E-state index contributed by atoms with van der Waals surface area (Å²) in [6.07, 6.45) is 1.67. The Kier molecular flexibility index (Phi) is 3.19. The minimum absolute atomic E-state index is 0.155. The summed E-state index contributed by atoms with van der Waals surface area (Å²) >= 11 is 0. The number of Topliss-reactive ketones (excluding diaryl/α,β-unsaturated/α-hetero) is 1. The molecule has 0 amide bonds. The largest absolute Gasteiger partial charge is 0.354 e. The third-order valence-corrected chi connectivity index (χ3v) is 2.89. The van der Waals surface area contributed by atoms with Crippen molar-refractivity contribution in [2.75, 3.05) is 38.1 Å². The quantitative estimate of drug-likeness (QED) is 0.690. The molecule has 1 radical (unpaired) electrons. The van der Waals surface area contributed by atoms with E-state index in [1.807, 2.05) is 6.07 Å². The Balaban J connectivity index is 2.14. The molecule has 0 bridgehead atoms. The molecule has 2 rings (SSSR count). The van der Waals surface area contributed by atoms with Crippen molar-refractivity contribution in [3.8, 4) is 0 Å². The van der Waals surface area contributed by atoms with Gasteiger partial charge in [0.1, 0.15) is 5.82 Å². The van der Waals surface area contributed by atoms with Gasteiger partial charge in [-0.3, -0.25) is 4.79 Å². The average molecular weight is 218 g/mol. The van der Waals surface area contributed by atoms with Gasteiger partial charge < -0.3 is 9.80 Å². The molecule has 1 aliphatic heterocycles. The third kappa shape index (κ3) is 2.39. The molecule has 0 aromatic carbocycles. The molecule has 4 nitrogen and oxygen atoms in total. The standard InChI is InChI=1S/C12H16N3O/c1-10(16)11-3-4-13-12(9-11)15-7-5-14(2)6-8-15/h3-4,9H,1,5-8H2,2H3. The van der Waals surface area contributed by atoms with Crippen LogP contribution in [0.1, 0.15) is 10.4 Å². The van der Waals surface area contributed by atoms with Crippen molar-refractivity contribution >= 4 is 11.6 Å². The smallest absolute Gasteiger partial charge is 0.163 e. The van der Waals surface area contributed by atoms with Gasteiger partial charge in [0.25, 0.3) is 0 Å². The number of carbonyl (C=O) groups is 1. The predicted octanol–water partition coefficient (Wildman–Crippen LogP) is 0.850. The molecule has 16 heavy (non-hydrogen) atoms. The summed E-state index contributed by atoms with van der Waals surface area (Å²) in [5, 5.41) is 0. The van der Waals surface area contributed by atoms with Crippen LogP contribution in [0.3, 0.4) is 0 Å². The van der Waals surface area contributed by atoms with E-state index in [-0.39, 0.29) is 5.78 Å². The summed E-state index contributed by atoms with van der Waals surface area (Å²) in [5.41, 5.74) is 0.629. The van der Waals surface area contributed by atoms with Gasteiger partial charge >= 0.3 is 0 Å². The highest BCUT2D eigenvalue weighted by atomic mass is 16.1. The number of hydrogen-bond acceptors (Lipinski definition) is 4. The lowest BCUT2D eigenvalue weighted by molar-refractivity contribution is 0.104. The predicted molar refractivity (Wildman–Crippen MR) is 63.6 cm³/mol. The maximum atomic E-state index is 11.2. The lowest BCUT2D eigenvalue weighted by Crippen LogP contribution is -2.44. The zero-order chi connectivity index (χ0) is 11.5. The number of aromatic nitrogens is 1. The van der Waals surface area contributed by atoms with Gasteiger partial charge in [-0.1, -0.05) is 0 Å². The number of piperazine rings is 1. The number of ketones is 1. The van der Waals surface area contributed by atoms with Crippen molar-refractivity contribution in [3.05, 3.63) is 30.8 Å². The molecule has 0 aliphatic carbocycles. The number of pyridine rings is 1. The van der Waals surface area contributed by atoms with Crippen molar-refractivity contribution in [1.82, 2.24) is 9.88 Å². The van der Waals surface area contributed by atoms with Gasteiger partial charge in [-0.05, 0) is 19.2 Å². The molecule has 0 atom stereocenters. The first-order valence-corrected chi connectivity index (χ1v) is 5.42. The van der Waals surface area contributed by atoms with Gasteiger partial charge in [-0.15, -0.1) is 0 Å². The minimum atomic E-state index is -0.155. The number of rotatable bonds is 2. The highest BCUT2D eigenvalue weighted by Gasteiger charge is 2.15. The number of anilines is 1. The van der Waals surface area contributed by atoms with Crippen LogP contribution in [0, 0.1) is 6.92 Å². The molecule has 1 saturated heterocycles. The lowest BCUT2D eigenvalue weighted by atomic mass is 10.2. The Bertz CT molecular complexity index is 384. The van der Waals surface area contributed by atoms with Gasteiger partial charge in [-0.25, -0.2) is 4.98 Å². The Hall–Kier alpha value is -1.42. The van der Waals surface area contributed by atoms with E-state index in [1.54, 1.807) is 12.3 Å². The van der Waals surface area contributed by atoms with Crippen molar-refractivity contribution < 1.29 is 4.79 Å². The lowest BCUT2D eigenvalue weighted by Gasteiger charge is -2.33. The number of carbonyl (C=O) groups excluding carboxylic acids is 1. The first kappa shape index (κ1) is 11.1. The van der Waals surface area contributed by atoms with E-state index in [9.17, 15) is 4.79 Å². The third-order valence-electron chi connectivity index (χ3n) is 2.89. The maximum Gasteiger partial charge on any atom is 0.163 e. The second kappa shape index (κ2) is 4.61. The Morgan fingerprint density at radius 1 is 1.38 bits per heavy atom. The van der Waals surface area contributed by atoms with Crippen molar-refractivity contribution in [1.29, 1.82) is 0 Å². The molecule has 1 fully saturated rings. The fourth-order valence-corrected chi connectivity index (χ4v) is 1.80. The maximum absolute atomic E-state index is 11.2. The Morgan fingerprint density at radius 3 is 2.69 bits per heavy atom. The van der Waals surface area contributed by atoms with Crippen molar-refractivity contribution in [2.24, 2.45) is 0 Å². The van der Waals surface area contributed by atoms with E-state index in [0.717, 1.165) is 32.0 Å². The Morgan fingerprint density at radius 2 is 2.06 bits per heavy atom. The number of hydrogen-bond donors (Lipinski definition) is 0. The molecule has 1 aromatic heterocycles. The fourth-order valence-electron chi connectivity index (χ4n) is 1.80. The number of nitrogens with zero attached hydrogens (tertiary/aromatic N) is 3. The van der Waals surface area contributed by atoms with Crippen LogP contribution in [0.15, 0.2) is 18.3 Å². The second-order valence-corrected chi connectivity index (χ2v) is 4.12. The molecule has 0 N–H and O–H groups in total. The zero-order valence-electron chi connectivity index (χ0n) is 9.52. The normalized spacial score (nSPS) is 17.5. The summed E-state index contributed by atoms with van der Waals surface area (Å²) in [6, 6.07) is 3.52. The molecule has 0 spiro atoms. The molecular weight excluding hydrogens is 202 g/mol. The van der Waals surface area contributed by atoms with E-state index in [2.05, 4.69) is 28.8 Å². The van der Waals surface area contributed by atoms with Crippen LogP contribution in [0.5, 0.6) is 0 Å². The Labute approximate surface area is 95.9 Å². The summed E-state index contributed by atoms with van der Waals surface area (Å²) in [4.78, 5) is 20.0. The van der Waals surface area contributed by atoms with Crippen LogP contribution in [-0.2, 0) is 0 Å². The summed E-state index contributed by atoms with van der Waals surface area (Å²) in [5.74, 6) is 0.723. The van der Waals surface area contributed by atoms with Gasteiger partial charge in [0.15, 0.2) is 5.78 Å². The summed E-state index contributed by atoms with van der Waals surface area (Å²) < 4.78 is 0. The average Bonchev–Trinajstić information content (AvgIpc) is 2.30. The van der Waals surface area contributed by atoms with E-state index >= 15 is 0 Å². The van der Waals surface area contributed by atoms with E-state index < -0.39 is 0 Å². The van der Waals surface area contributed by atoms with E-state index in [4.69, 9.17) is 0 Å². The molecule has 0 saturated carbocycles. The molecule has 1 aromatic rings. The molecule has 1 aliphatic rings. The summed E-state index contributed by atoms with van der Waals surface area (Å²) in [6.45, 7) is 7.39. The topological polar surface area (TPSA) is 36.4 Å². The highest BCUT2D eigenvalue weighted by molar-refractivity contribution is 5.99. The van der Waals surface area contributed by atoms with Gasteiger partial charge in [0, 0.05) is 44.9 Å². The van der Waals surface area contributed by atoms with Crippen LogP contribution in [0.25, 0.3) is 0 Å². The van der Waals surface area contributed by atoms with Crippen LogP contribution in [0.2, 0.25) is 0 Å². The molecule has 85 valence electrons. The molecular formula is C12H16N3O. The fraction of sp³-hybridized carbons (Fsp3) is 0.417. The molecule has 0 unspecified atom stereocenters. The minimum Gasteiger partial charge on any atom is -0.354 e. The van der Waals surface area contributed by atoms with Gasteiger partial charge in [-0.2, -0.15) is 0 Å². The van der Waals surface area contributed by atoms with Crippen LogP contribution < -0.4 is 4.90 Å². The van der Waals surface area contributed by atoms with Crippen LogP contribution in [0.4, 0.5) is 5.82 Å². The first-order chi connectivity index (χ1) is 7.66. The monoisotopic (exact) mass is 218 g/mol. The van der Waals surface area contributed by atoms with Gasteiger partial charge in [0.2, 0.25) is 0 Å². The van der Waals surface area contributed by atoms with Crippen LogP contribution >= 0.6 is 0 Å². The van der Waals surface area contributed by atoms with Crippen LogP contribution in [-0.4, -0.2) is 48.9 Å². The number of likely N-dealkylation sites (N-methyl/N-ethyl adjacent to an activating group) is 1. The van der Waals surface area contributed by atoms with E-state index in [1.165, 1.54) is 0 Å². The van der Waals surface area contributed by atoms with Gasteiger partial charge in [0.05, 0.1) is 0 Å². The van der Waals surface area contributed by atoms with Crippen molar-refractivity contribution in [3.63, 3.8) is 0 Å². The molecule has 4 heteroatoms. The second-order valence-electron chi connectivity index (χ2n) is 4.12. The summed E-state index contributed by atoms with van der Waals surface area (Å²) in [7, 11) is 2.11. The zero-order valence-corrected chi connectivity index (χ0v) is 9.52. The molecule has 2 heterocycles. The highest BCUT2D eigenvalue weighted by Crippen LogP contribution is 2.14. The SMILES string of the molecule is [CH2]C(=O)c1ccnc(N2CCN(C)CC2)c1. The van der Waals surface area contributed by atoms with Crippen molar-refractivity contribution in [2.45, 2.75) is 0 Å².